The lowest BCUT2D eigenvalue weighted by Gasteiger charge is -2.07. The Morgan fingerprint density at radius 3 is 2.67 bits per heavy atom. The second-order valence-corrected chi connectivity index (χ2v) is 5.15. The van der Waals surface area contributed by atoms with Crippen LogP contribution in [0.4, 0.5) is 5.95 Å². The van der Waals surface area contributed by atoms with Crippen LogP contribution in [0.25, 0.3) is 11.3 Å². The third-order valence-electron chi connectivity index (χ3n) is 2.58. The Balaban J connectivity index is 2.21. The molecule has 2 rings (SSSR count). The number of hydrogen-bond acceptors (Lipinski definition) is 3. The average Bonchev–Trinajstić information content (AvgIpc) is 2.39. The zero-order chi connectivity index (χ0) is 12.8. The SMILES string of the molecule is CCCCNc1nc(I)cc(-c2ccccc2)n1. The van der Waals surface area contributed by atoms with Crippen LogP contribution >= 0.6 is 22.6 Å². The Kier molecular flexibility index (Phi) is 4.92. The molecule has 18 heavy (non-hydrogen) atoms. The molecule has 2 aromatic rings. The maximum atomic E-state index is 4.55. The Labute approximate surface area is 121 Å². The van der Waals surface area contributed by atoms with Gasteiger partial charge in [-0.25, -0.2) is 9.97 Å². The molecule has 0 radical (unpaired) electrons. The van der Waals surface area contributed by atoms with Crippen LogP contribution in [0.5, 0.6) is 0 Å². The van der Waals surface area contributed by atoms with Crippen molar-refractivity contribution >= 4 is 28.5 Å². The normalized spacial score (nSPS) is 10.3. The van der Waals surface area contributed by atoms with Crippen molar-refractivity contribution in [3.8, 4) is 11.3 Å². The summed E-state index contributed by atoms with van der Waals surface area (Å²) in [6.45, 7) is 3.09. The van der Waals surface area contributed by atoms with E-state index in [9.17, 15) is 0 Å². The molecule has 1 aromatic carbocycles. The first kappa shape index (κ1) is 13.3. The molecule has 0 unspecified atom stereocenters. The summed E-state index contributed by atoms with van der Waals surface area (Å²) < 4.78 is 0.959. The van der Waals surface area contributed by atoms with Crippen LogP contribution in [0.15, 0.2) is 36.4 Å². The summed E-state index contributed by atoms with van der Waals surface area (Å²) in [6.07, 6.45) is 2.30. The van der Waals surface area contributed by atoms with E-state index in [0.717, 1.165) is 27.9 Å². The topological polar surface area (TPSA) is 37.8 Å². The van der Waals surface area contributed by atoms with Crippen molar-refractivity contribution in [1.82, 2.24) is 9.97 Å². The van der Waals surface area contributed by atoms with E-state index in [2.05, 4.69) is 56.9 Å². The van der Waals surface area contributed by atoms with E-state index < -0.39 is 0 Å². The van der Waals surface area contributed by atoms with Gasteiger partial charge in [0.05, 0.1) is 5.69 Å². The predicted octanol–water partition coefficient (Wildman–Crippen LogP) is 3.96. The second kappa shape index (κ2) is 6.68. The van der Waals surface area contributed by atoms with Crippen LogP contribution < -0.4 is 5.32 Å². The van der Waals surface area contributed by atoms with Gasteiger partial charge in [-0.1, -0.05) is 43.7 Å². The third-order valence-corrected chi connectivity index (χ3v) is 3.13. The number of rotatable bonds is 5. The molecule has 94 valence electrons. The molecule has 1 aromatic heterocycles. The van der Waals surface area contributed by atoms with Crippen molar-refractivity contribution < 1.29 is 0 Å². The number of aromatic nitrogens is 2. The summed E-state index contributed by atoms with van der Waals surface area (Å²) in [5.74, 6) is 0.717. The summed E-state index contributed by atoms with van der Waals surface area (Å²) in [5, 5.41) is 3.27. The van der Waals surface area contributed by atoms with Gasteiger partial charge < -0.3 is 5.32 Å². The first-order chi connectivity index (χ1) is 8.79. The van der Waals surface area contributed by atoms with Crippen LogP contribution in [0.1, 0.15) is 19.8 Å². The molecule has 3 nitrogen and oxygen atoms in total. The van der Waals surface area contributed by atoms with Gasteiger partial charge in [0.25, 0.3) is 0 Å². The molecule has 0 bridgehead atoms. The lowest BCUT2D eigenvalue weighted by Crippen LogP contribution is -2.06. The Morgan fingerprint density at radius 2 is 1.94 bits per heavy atom. The molecular weight excluding hydrogens is 337 g/mol. The summed E-state index contributed by atoms with van der Waals surface area (Å²) in [5.41, 5.74) is 2.09. The molecule has 0 aliphatic rings. The van der Waals surface area contributed by atoms with Crippen LogP contribution in [0, 0.1) is 3.70 Å². The quantitative estimate of drug-likeness (QED) is 0.502. The van der Waals surface area contributed by atoms with Gasteiger partial charge in [-0.05, 0) is 35.1 Å². The van der Waals surface area contributed by atoms with E-state index >= 15 is 0 Å². The zero-order valence-corrected chi connectivity index (χ0v) is 12.5. The Hall–Kier alpha value is -1.17. The largest absolute Gasteiger partial charge is 0.354 e. The van der Waals surface area contributed by atoms with Crippen molar-refractivity contribution in [2.45, 2.75) is 19.8 Å². The fraction of sp³-hybridized carbons (Fsp3) is 0.286. The van der Waals surface area contributed by atoms with Gasteiger partial charge in [-0.15, -0.1) is 0 Å². The predicted molar refractivity (Wildman–Crippen MR) is 83.6 cm³/mol. The highest BCUT2D eigenvalue weighted by molar-refractivity contribution is 14.1. The molecule has 4 heteroatoms. The Morgan fingerprint density at radius 1 is 1.17 bits per heavy atom. The molecule has 0 aliphatic heterocycles. The number of nitrogens with one attached hydrogen (secondary N) is 1. The lowest BCUT2D eigenvalue weighted by atomic mass is 10.1. The minimum Gasteiger partial charge on any atom is -0.354 e. The number of anilines is 1. The van der Waals surface area contributed by atoms with Crippen LogP contribution in [-0.4, -0.2) is 16.5 Å². The minimum absolute atomic E-state index is 0.717. The monoisotopic (exact) mass is 353 g/mol. The smallest absolute Gasteiger partial charge is 0.224 e. The van der Waals surface area contributed by atoms with Crippen LogP contribution in [0.2, 0.25) is 0 Å². The lowest BCUT2D eigenvalue weighted by molar-refractivity contribution is 0.826. The molecule has 1 heterocycles. The molecule has 1 N–H and O–H groups in total. The van der Waals surface area contributed by atoms with Crippen LogP contribution in [0.3, 0.4) is 0 Å². The fourth-order valence-corrected chi connectivity index (χ4v) is 2.15. The molecule has 0 atom stereocenters. The van der Waals surface area contributed by atoms with Crippen molar-refractivity contribution in [3.05, 3.63) is 40.1 Å². The molecule has 0 saturated carbocycles. The Bertz CT molecular complexity index is 500. The van der Waals surface area contributed by atoms with E-state index in [0.29, 0.717) is 5.95 Å². The molecule has 0 saturated heterocycles. The molecule has 0 spiro atoms. The van der Waals surface area contributed by atoms with Gasteiger partial charge >= 0.3 is 0 Å². The van der Waals surface area contributed by atoms with Crippen LogP contribution in [-0.2, 0) is 0 Å². The second-order valence-electron chi connectivity index (χ2n) is 4.05. The number of hydrogen-bond donors (Lipinski definition) is 1. The number of nitrogens with zero attached hydrogens (tertiary/aromatic N) is 2. The summed E-state index contributed by atoms with van der Waals surface area (Å²) in [7, 11) is 0. The number of unbranched alkanes of at least 4 members (excludes halogenated alkanes) is 1. The maximum absolute atomic E-state index is 4.55. The van der Waals surface area contributed by atoms with Gasteiger partial charge in [-0.2, -0.15) is 0 Å². The highest BCUT2D eigenvalue weighted by Crippen LogP contribution is 2.19. The first-order valence-electron chi connectivity index (χ1n) is 6.13. The highest BCUT2D eigenvalue weighted by atomic mass is 127. The molecule has 0 fully saturated rings. The third kappa shape index (κ3) is 3.66. The number of halogens is 1. The highest BCUT2D eigenvalue weighted by Gasteiger charge is 2.04. The van der Waals surface area contributed by atoms with Gasteiger partial charge in [0.1, 0.15) is 3.70 Å². The van der Waals surface area contributed by atoms with Crippen molar-refractivity contribution in [2.75, 3.05) is 11.9 Å². The summed E-state index contributed by atoms with van der Waals surface area (Å²) in [4.78, 5) is 8.94. The molecule has 0 aliphatic carbocycles. The van der Waals surface area contributed by atoms with E-state index in [1.165, 1.54) is 6.42 Å². The van der Waals surface area contributed by atoms with Gasteiger partial charge in [0.15, 0.2) is 0 Å². The average molecular weight is 353 g/mol. The first-order valence-corrected chi connectivity index (χ1v) is 7.21. The van der Waals surface area contributed by atoms with Crippen molar-refractivity contribution in [3.63, 3.8) is 0 Å². The van der Waals surface area contributed by atoms with E-state index in [-0.39, 0.29) is 0 Å². The van der Waals surface area contributed by atoms with E-state index in [4.69, 9.17) is 0 Å². The molecule has 0 amide bonds. The molecular formula is C14H16IN3. The summed E-state index contributed by atoms with van der Waals surface area (Å²) in [6, 6.07) is 12.2. The van der Waals surface area contributed by atoms with Crippen molar-refractivity contribution in [1.29, 1.82) is 0 Å². The van der Waals surface area contributed by atoms with Gasteiger partial charge in [0.2, 0.25) is 5.95 Å². The maximum Gasteiger partial charge on any atom is 0.224 e. The van der Waals surface area contributed by atoms with E-state index in [1.54, 1.807) is 0 Å². The minimum atomic E-state index is 0.717. The number of benzene rings is 1. The van der Waals surface area contributed by atoms with E-state index in [1.807, 2.05) is 24.3 Å². The van der Waals surface area contributed by atoms with Gasteiger partial charge in [-0.3, -0.25) is 0 Å². The standard InChI is InChI=1S/C14H16IN3/c1-2-3-9-16-14-17-12(10-13(15)18-14)11-7-5-4-6-8-11/h4-8,10H,2-3,9H2,1H3,(H,16,17,18). The fourth-order valence-electron chi connectivity index (χ4n) is 1.63. The van der Waals surface area contributed by atoms with Crippen molar-refractivity contribution in [2.24, 2.45) is 0 Å². The zero-order valence-electron chi connectivity index (χ0n) is 10.4. The van der Waals surface area contributed by atoms with Gasteiger partial charge in [0, 0.05) is 12.1 Å². The summed E-state index contributed by atoms with van der Waals surface area (Å²) >= 11 is 2.23.